The van der Waals surface area contributed by atoms with Crippen LogP contribution in [0.4, 0.5) is 0 Å². The predicted molar refractivity (Wildman–Crippen MR) is 100 cm³/mol. The molecule has 2 heterocycles. The first-order valence-electron chi connectivity index (χ1n) is 8.85. The Labute approximate surface area is 154 Å². The zero-order valence-electron chi connectivity index (χ0n) is 14.5. The number of nitrogens with zero attached hydrogens (tertiary/aromatic N) is 3. The number of carbonyl (C=O) groups excluding carboxylic acids is 1. The van der Waals surface area contributed by atoms with E-state index < -0.39 is 0 Å². The molecule has 1 aliphatic carbocycles. The summed E-state index contributed by atoms with van der Waals surface area (Å²) in [5.74, 6) is 0.0132. The van der Waals surface area contributed by atoms with E-state index in [4.69, 9.17) is 0 Å². The Balaban J connectivity index is 0.00000182. The number of rotatable bonds is 3. The van der Waals surface area contributed by atoms with Gasteiger partial charge in [-0.3, -0.25) is 9.48 Å². The molecule has 134 valence electrons. The molecule has 0 radical (unpaired) electrons. The Morgan fingerprint density at radius 2 is 2.12 bits per heavy atom. The van der Waals surface area contributed by atoms with E-state index in [0.717, 1.165) is 38.8 Å². The number of hydrogen-bond acceptors (Lipinski definition) is 3. The number of amides is 1. The topological polar surface area (TPSA) is 50.2 Å². The van der Waals surface area contributed by atoms with Gasteiger partial charge in [-0.05, 0) is 49.4 Å². The van der Waals surface area contributed by atoms with Crippen molar-refractivity contribution >= 4 is 18.3 Å². The highest BCUT2D eigenvalue weighted by atomic mass is 35.5. The SMILES string of the molecule is CN(C(=O)c1ccn(C2CCCNC2)n1)C1CCc2ccccc21.Cl. The van der Waals surface area contributed by atoms with Crippen LogP contribution in [0.3, 0.4) is 0 Å². The minimum atomic E-state index is 0. The van der Waals surface area contributed by atoms with Gasteiger partial charge in [-0.1, -0.05) is 24.3 Å². The van der Waals surface area contributed by atoms with E-state index in [0.29, 0.717) is 11.7 Å². The summed E-state index contributed by atoms with van der Waals surface area (Å²) in [5.41, 5.74) is 3.19. The first kappa shape index (κ1) is 18.0. The first-order chi connectivity index (χ1) is 11.7. The van der Waals surface area contributed by atoms with Gasteiger partial charge in [0.25, 0.3) is 5.91 Å². The lowest BCUT2D eigenvalue weighted by Crippen LogP contribution is -2.33. The molecule has 1 aliphatic heterocycles. The maximum atomic E-state index is 12.9. The number of piperidine rings is 1. The molecule has 1 N–H and O–H groups in total. The van der Waals surface area contributed by atoms with Gasteiger partial charge in [0.1, 0.15) is 5.69 Å². The van der Waals surface area contributed by atoms with E-state index in [1.165, 1.54) is 11.1 Å². The minimum absolute atomic E-state index is 0. The quantitative estimate of drug-likeness (QED) is 0.915. The molecule has 4 rings (SSSR count). The Morgan fingerprint density at radius 1 is 1.28 bits per heavy atom. The lowest BCUT2D eigenvalue weighted by atomic mass is 10.1. The minimum Gasteiger partial charge on any atom is -0.333 e. The molecule has 6 heteroatoms. The Kier molecular flexibility index (Phi) is 5.45. The summed E-state index contributed by atoms with van der Waals surface area (Å²) in [4.78, 5) is 14.7. The standard InChI is InChI=1S/C19H24N4O.ClH/c1-22(18-9-8-14-5-2-3-7-16(14)18)19(24)17-10-12-23(21-17)15-6-4-11-20-13-15;/h2-3,5,7,10,12,15,18,20H,4,6,8-9,11,13H2,1H3;1H. The summed E-state index contributed by atoms with van der Waals surface area (Å²) < 4.78 is 1.95. The van der Waals surface area contributed by atoms with Crippen molar-refractivity contribution in [3.05, 3.63) is 53.3 Å². The molecule has 1 amide bonds. The maximum Gasteiger partial charge on any atom is 0.274 e. The molecule has 0 spiro atoms. The van der Waals surface area contributed by atoms with Gasteiger partial charge in [0.15, 0.2) is 0 Å². The Morgan fingerprint density at radius 3 is 2.92 bits per heavy atom. The fraction of sp³-hybridized carbons (Fsp3) is 0.474. The second-order valence-electron chi connectivity index (χ2n) is 6.85. The number of carbonyl (C=O) groups is 1. The van der Waals surface area contributed by atoms with Crippen molar-refractivity contribution in [1.82, 2.24) is 20.0 Å². The molecule has 0 saturated carbocycles. The van der Waals surface area contributed by atoms with Crippen molar-refractivity contribution in [2.45, 2.75) is 37.8 Å². The van der Waals surface area contributed by atoms with E-state index in [-0.39, 0.29) is 24.4 Å². The first-order valence-corrected chi connectivity index (χ1v) is 8.85. The fourth-order valence-corrected chi connectivity index (χ4v) is 3.97. The number of aromatic nitrogens is 2. The number of hydrogen-bond donors (Lipinski definition) is 1. The van der Waals surface area contributed by atoms with Crippen molar-refractivity contribution in [3.63, 3.8) is 0 Å². The molecule has 2 aliphatic rings. The van der Waals surface area contributed by atoms with Crippen LogP contribution in [0.2, 0.25) is 0 Å². The summed E-state index contributed by atoms with van der Waals surface area (Å²) in [6, 6.07) is 10.8. The van der Waals surface area contributed by atoms with Crippen LogP contribution in [0.25, 0.3) is 0 Å². The Hall–Kier alpha value is -1.85. The zero-order valence-corrected chi connectivity index (χ0v) is 15.3. The average Bonchev–Trinajstić information content (AvgIpc) is 3.28. The Bertz CT molecular complexity index is 739. The number of halogens is 1. The summed E-state index contributed by atoms with van der Waals surface area (Å²) in [5, 5.41) is 7.96. The van der Waals surface area contributed by atoms with E-state index >= 15 is 0 Å². The normalized spacial score (nSPS) is 22.1. The van der Waals surface area contributed by atoms with Crippen LogP contribution in [0.15, 0.2) is 36.5 Å². The van der Waals surface area contributed by atoms with Gasteiger partial charge < -0.3 is 10.2 Å². The molecule has 0 bridgehead atoms. The molecule has 5 nitrogen and oxygen atoms in total. The van der Waals surface area contributed by atoms with Crippen LogP contribution in [0.1, 0.15) is 53.0 Å². The van der Waals surface area contributed by atoms with Gasteiger partial charge in [-0.15, -0.1) is 12.4 Å². The van der Waals surface area contributed by atoms with Gasteiger partial charge in [0.05, 0.1) is 12.1 Å². The molecular weight excluding hydrogens is 336 g/mol. The molecular formula is C19H25ClN4O. The fourth-order valence-electron chi connectivity index (χ4n) is 3.97. The number of aryl methyl sites for hydroxylation is 1. The van der Waals surface area contributed by atoms with Crippen LogP contribution >= 0.6 is 12.4 Å². The van der Waals surface area contributed by atoms with E-state index in [9.17, 15) is 4.79 Å². The van der Waals surface area contributed by atoms with Crippen LogP contribution < -0.4 is 5.32 Å². The summed E-state index contributed by atoms with van der Waals surface area (Å²) >= 11 is 0. The smallest absolute Gasteiger partial charge is 0.274 e. The summed E-state index contributed by atoms with van der Waals surface area (Å²) in [6.45, 7) is 2.01. The molecule has 25 heavy (non-hydrogen) atoms. The maximum absolute atomic E-state index is 12.9. The molecule has 1 saturated heterocycles. The third-order valence-corrected chi connectivity index (χ3v) is 5.36. The van der Waals surface area contributed by atoms with Crippen LogP contribution in [0.5, 0.6) is 0 Å². The number of benzene rings is 1. The van der Waals surface area contributed by atoms with Crippen LogP contribution in [0, 0.1) is 0 Å². The molecule has 1 fully saturated rings. The van der Waals surface area contributed by atoms with Gasteiger partial charge in [-0.2, -0.15) is 5.10 Å². The summed E-state index contributed by atoms with van der Waals surface area (Å²) in [7, 11) is 1.90. The van der Waals surface area contributed by atoms with Crippen molar-refractivity contribution in [2.75, 3.05) is 20.1 Å². The van der Waals surface area contributed by atoms with Gasteiger partial charge in [-0.25, -0.2) is 0 Å². The third-order valence-electron chi connectivity index (χ3n) is 5.36. The lowest BCUT2D eigenvalue weighted by molar-refractivity contribution is 0.0723. The number of fused-ring (bicyclic) bond motifs is 1. The average molecular weight is 361 g/mol. The second kappa shape index (κ2) is 7.58. The van der Waals surface area contributed by atoms with Crippen molar-refractivity contribution in [1.29, 1.82) is 0 Å². The lowest BCUT2D eigenvalue weighted by Gasteiger charge is -2.25. The molecule has 2 aromatic rings. The van der Waals surface area contributed by atoms with Gasteiger partial charge in [0.2, 0.25) is 0 Å². The van der Waals surface area contributed by atoms with E-state index in [1.54, 1.807) is 0 Å². The molecule has 2 atom stereocenters. The highest BCUT2D eigenvalue weighted by Gasteiger charge is 2.30. The van der Waals surface area contributed by atoms with E-state index in [1.807, 2.05) is 28.9 Å². The third kappa shape index (κ3) is 3.44. The zero-order chi connectivity index (χ0) is 16.5. The molecule has 2 unspecified atom stereocenters. The second-order valence-corrected chi connectivity index (χ2v) is 6.85. The molecule has 1 aromatic heterocycles. The highest BCUT2D eigenvalue weighted by molar-refractivity contribution is 5.92. The van der Waals surface area contributed by atoms with E-state index in [2.05, 4.69) is 34.7 Å². The van der Waals surface area contributed by atoms with Crippen molar-refractivity contribution in [2.24, 2.45) is 0 Å². The number of nitrogens with one attached hydrogen (secondary N) is 1. The largest absolute Gasteiger partial charge is 0.333 e. The highest BCUT2D eigenvalue weighted by Crippen LogP contribution is 2.35. The monoisotopic (exact) mass is 360 g/mol. The van der Waals surface area contributed by atoms with Crippen LogP contribution in [-0.2, 0) is 6.42 Å². The molecule has 1 aromatic carbocycles. The summed E-state index contributed by atoms with van der Waals surface area (Å²) in [6.07, 6.45) is 6.26. The van der Waals surface area contributed by atoms with Gasteiger partial charge in [0, 0.05) is 19.8 Å². The van der Waals surface area contributed by atoms with Crippen LogP contribution in [-0.4, -0.2) is 40.7 Å². The van der Waals surface area contributed by atoms with Gasteiger partial charge >= 0.3 is 0 Å². The predicted octanol–water partition coefficient (Wildman–Crippen LogP) is 2.99. The van der Waals surface area contributed by atoms with Crippen molar-refractivity contribution in [3.8, 4) is 0 Å². The van der Waals surface area contributed by atoms with Crippen molar-refractivity contribution < 1.29 is 4.79 Å².